The highest BCUT2D eigenvalue weighted by molar-refractivity contribution is 6.10. The van der Waals surface area contributed by atoms with Crippen molar-refractivity contribution < 1.29 is 19.8 Å². The molecule has 3 aliphatic carbocycles. The molecule has 1 saturated heterocycles. The molecule has 4 atom stereocenters. The van der Waals surface area contributed by atoms with Gasteiger partial charge in [-0.25, -0.2) is 0 Å². The molecule has 6 nitrogen and oxygen atoms in total. The summed E-state index contributed by atoms with van der Waals surface area (Å²) in [5, 5.41) is 23.6. The first kappa shape index (κ1) is 33.3. The topological polar surface area (TPSA) is 81.1 Å². The third-order valence-corrected chi connectivity index (χ3v) is 11.5. The molecule has 0 spiro atoms. The number of hydrogen-bond acceptors (Lipinski definition) is 5. The fraction of sp³-hybridized carbons (Fsp3) is 0.463. The Hall–Kier alpha value is -3.58. The molecular weight excluding hydrogens is 584 g/mol. The summed E-state index contributed by atoms with van der Waals surface area (Å²) in [5.41, 5.74) is 5.31. The van der Waals surface area contributed by atoms with Crippen molar-refractivity contribution >= 4 is 11.7 Å². The van der Waals surface area contributed by atoms with Crippen LogP contribution in [-0.2, 0) is 11.2 Å². The van der Waals surface area contributed by atoms with Crippen molar-refractivity contribution in [3.05, 3.63) is 107 Å². The lowest BCUT2D eigenvalue weighted by atomic mass is 9.64. The number of amides is 1. The Morgan fingerprint density at radius 3 is 2.30 bits per heavy atom. The van der Waals surface area contributed by atoms with Crippen LogP contribution >= 0.6 is 0 Å². The monoisotopic (exact) mass is 634 g/mol. The van der Waals surface area contributed by atoms with Crippen LogP contribution in [0.3, 0.4) is 0 Å². The van der Waals surface area contributed by atoms with E-state index in [-0.39, 0.29) is 17.6 Å². The van der Waals surface area contributed by atoms with Crippen molar-refractivity contribution in [2.24, 2.45) is 5.41 Å². The Balaban J connectivity index is 1.37. The molecule has 0 radical (unpaired) electrons. The summed E-state index contributed by atoms with van der Waals surface area (Å²) in [4.78, 5) is 30.6. The van der Waals surface area contributed by atoms with Crippen molar-refractivity contribution in [3.63, 3.8) is 0 Å². The molecule has 1 aliphatic heterocycles. The lowest BCUT2D eigenvalue weighted by Gasteiger charge is -2.47. The van der Waals surface area contributed by atoms with Crippen molar-refractivity contribution in [2.75, 3.05) is 32.7 Å². The Kier molecular flexibility index (Phi) is 9.84. The lowest BCUT2D eigenvalue weighted by Crippen LogP contribution is -2.57. The second-order valence-electron chi connectivity index (χ2n) is 14.5. The van der Waals surface area contributed by atoms with Crippen molar-refractivity contribution in [1.29, 1.82) is 0 Å². The van der Waals surface area contributed by atoms with Crippen LogP contribution in [-0.4, -0.2) is 76.1 Å². The van der Waals surface area contributed by atoms with E-state index in [1.165, 1.54) is 5.57 Å². The third-order valence-electron chi connectivity index (χ3n) is 11.5. The maximum absolute atomic E-state index is 14.4. The number of carbonyl (C=O) groups excluding carboxylic acids is 2. The molecule has 1 saturated carbocycles. The summed E-state index contributed by atoms with van der Waals surface area (Å²) in [6, 6.07) is 24.3. The number of fused-ring (bicyclic) bond motifs is 8. The highest BCUT2D eigenvalue weighted by atomic mass is 16.3. The molecule has 4 aliphatic rings. The zero-order chi connectivity index (χ0) is 33.2. The summed E-state index contributed by atoms with van der Waals surface area (Å²) >= 11 is 0. The number of aliphatic hydroxyl groups is 2. The first-order chi connectivity index (χ1) is 22.6. The average Bonchev–Trinajstić information content (AvgIpc) is 3.32. The number of hydrogen-bond donors (Lipinski definition) is 2. The van der Waals surface area contributed by atoms with Crippen LogP contribution in [0.2, 0.25) is 0 Å². The number of piperazine rings is 1. The minimum Gasteiger partial charge on any atom is -0.393 e. The smallest absolute Gasteiger partial charge is 0.219 e. The number of aliphatic hydroxyl groups excluding tert-OH is 1. The summed E-state index contributed by atoms with van der Waals surface area (Å²) in [6.45, 7) is 9.43. The molecule has 2 N–H and O–H groups in total. The average molecular weight is 635 g/mol. The third kappa shape index (κ3) is 7.01. The van der Waals surface area contributed by atoms with Crippen molar-refractivity contribution in [3.8, 4) is 11.1 Å². The summed E-state index contributed by atoms with van der Waals surface area (Å²) < 4.78 is 0. The standard InChI is InChI=1S/C41H50N2O4/c1-29-8-7-20-40(3)38(19-21-41(40,47)28-42-22-24-43(25-23-42)30(2)44)36-18-12-31(26-35(45)17-11-29)27-37(36)39(46)34-15-13-33(14-16-34)32-9-5-4-6-10-32/h4-6,8-10,12-16,18,27,35,38,45,47H,7,11,17,19-26,28H2,1-3H3/t35-,38-,40-,41+/m0/s1. The molecule has 3 aromatic rings. The van der Waals surface area contributed by atoms with Crippen molar-refractivity contribution in [1.82, 2.24) is 9.80 Å². The Bertz CT molecular complexity index is 1610. The van der Waals surface area contributed by atoms with Gasteiger partial charge in [0.2, 0.25) is 5.91 Å². The molecule has 2 bridgehead atoms. The van der Waals surface area contributed by atoms with E-state index < -0.39 is 17.1 Å². The number of benzene rings is 3. The van der Waals surface area contributed by atoms with E-state index in [0.717, 1.165) is 61.0 Å². The van der Waals surface area contributed by atoms with Gasteiger partial charge in [0.05, 0.1) is 11.7 Å². The number of ketones is 1. The molecule has 248 valence electrons. The van der Waals surface area contributed by atoms with Gasteiger partial charge in [0.25, 0.3) is 0 Å². The normalized spacial score (nSPS) is 27.2. The summed E-state index contributed by atoms with van der Waals surface area (Å²) in [6.07, 6.45) is 6.87. The Morgan fingerprint density at radius 1 is 0.894 bits per heavy atom. The summed E-state index contributed by atoms with van der Waals surface area (Å²) in [7, 11) is 0. The second kappa shape index (κ2) is 13.9. The van der Waals surface area contributed by atoms with Crippen LogP contribution in [0.4, 0.5) is 0 Å². The van der Waals surface area contributed by atoms with E-state index in [2.05, 4.69) is 49.1 Å². The molecule has 0 aromatic heterocycles. The molecule has 7 rings (SSSR count). The van der Waals surface area contributed by atoms with Crippen LogP contribution in [0, 0.1) is 5.41 Å². The molecule has 2 fully saturated rings. The van der Waals surface area contributed by atoms with Gasteiger partial charge >= 0.3 is 0 Å². The molecule has 47 heavy (non-hydrogen) atoms. The van der Waals surface area contributed by atoms with Crippen LogP contribution in [0.5, 0.6) is 0 Å². The highest BCUT2D eigenvalue weighted by Crippen LogP contribution is 2.59. The zero-order valence-corrected chi connectivity index (χ0v) is 28.3. The van der Waals surface area contributed by atoms with E-state index in [1.54, 1.807) is 6.92 Å². The van der Waals surface area contributed by atoms with Gasteiger partial charge in [-0.2, -0.15) is 0 Å². The maximum Gasteiger partial charge on any atom is 0.219 e. The van der Waals surface area contributed by atoms with Gasteiger partial charge in [0, 0.05) is 56.2 Å². The number of β-amino-alcohol motifs (C(OH)–C–C–N with tert-alkyl or cyclic N) is 1. The molecular formula is C41H50N2O4. The van der Waals surface area contributed by atoms with Crippen LogP contribution in [0.15, 0.2) is 84.4 Å². The van der Waals surface area contributed by atoms with Gasteiger partial charge in [0.15, 0.2) is 5.78 Å². The molecule has 6 heteroatoms. The van der Waals surface area contributed by atoms with Gasteiger partial charge in [-0.05, 0) is 86.1 Å². The molecule has 3 aromatic carbocycles. The van der Waals surface area contributed by atoms with Crippen LogP contribution in [0.1, 0.15) is 92.3 Å². The highest BCUT2D eigenvalue weighted by Gasteiger charge is 2.57. The van der Waals surface area contributed by atoms with E-state index in [9.17, 15) is 19.8 Å². The largest absolute Gasteiger partial charge is 0.393 e. The fourth-order valence-electron chi connectivity index (χ4n) is 8.39. The Labute approximate surface area is 280 Å². The van der Waals surface area contributed by atoms with E-state index >= 15 is 0 Å². The maximum atomic E-state index is 14.4. The second-order valence-corrected chi connectivity index (χ2v) is 14.5. The van der Waals surface area contributed by atoms with Crippen molar-refractivity contribution in [2.45, 2.75) is 83.3 Å². The van der Waals surface area contributed by atoms with Crippen LogP contribution in [0.25, 0.3) is 11.1 Å². The Morgan fingerprint density at radius 2 is 1.60 bits per heavy atom. The lowest BCUT2D eigenvalue weighted by molar-refractivity contribution is -0.132. The first-order valence-corrected chi connectivity index (χ1v) is 17.4. The van der Waals surface area contributed by atoms with Gasteiger partial charge < -0.3 is 15.1 Å². The number of nitrogens with zero attached hydrogens (tertiary/aromatic N) is 2. The molecule has 1 heterocycles. The number of rotatable bonds is 5. The quantitative estimate of drug-likeness (QED) is 0.239. The minimum absolute atomic E-state index is 0.0100. The summed E-state index contributed by atoms with van der Waals surface area (Å²) in [5.74, 6) is 0.0772. The van der Waals surface area contributed by atoms with Gasteiger partial charge in [-0.3, -0.25) is 14.5 Å². The minimum atomic E-state index is -0.943. The molecule has 0 unspecified atom stereocenters. The number of allylic oxidation sites excluding steroid dienone is 2. The van der Waals surface area contributed by atoms with E-state index in [0.29, 0.717) is 50.0 Å². The van der Waals surface area contributed by atoms with Gasteiger partial charge in [-0.1, -0.05) is 85.3 Å². The first-order valence-electron chi connectivity index (χ1n) is 17.4. The predicted octanol–water partition coefficient (Wildman–Crippen LogP) is 6.79. The van der Waals surface area contributed by atoms with E-state index in [4.69, 9.17) is 0 Å². The zero-order valence-electron chi connectivity index (χ0n) is 28.3. The predicted molar refractivity (Wildman–Crippen MR) is 187 cm³/mol. The molecule has 1 amide bonds. The fourth-order valence-corrected chi connectivity index (χ4v) is 8.39. The van der Waals surface area contributed by atoms with Gasteiger partial charge in [-0.15, -0.1) is 0 Å². The number of carbonyl (C=O) groups is 2. The van der Waals surface area contributed by atoms with Crippen LogP contribution < -0.4 is 0 Å². The SMILES string of the molecule is CC(=O)N1CCN(C[C@]2(O)CC[C@H]3c4ccc(cc4C(=O)c4ccc(-c5ccccc5)cc4)C[C@@H](O)CCC(C)=CCC[C@@]32C)CC1. The van der Waals surface area contributed by atoms with E-state index in [1.807, 2.05) is 53.4 Å². The van der Waals surface area contributed by atoms with Gasteiger partial charge in [0.1, 0.15) is 0 Å².